The third-order valence-electron chi connectivity index (χ3n) is 4.03. The van der Waals surface area contributed by atoms with Gasteiger partial charge in [0.1, 0.15) is 11.6 Å². The molecular formula is C22H21N5O3S2. The van der Waals surface area contributed by atoms with Crippen molar-refractivity contribution in [2.45, 2.75) is 24.8 Å². The zero-order valence-corrected chi connectivity index (χ0v) is 19.2. The maximum Gasteiger partial charge on any atom is 0.250 e. The third kappa shape index (κ3) is 6.80. The van der Waals surface area contributed by atoms with Crippen LogP contribution in [0.2, 0.25) is 0 Å². The number of rotatable bonds is 10. The van der Waals surface area contributed by atoms with Crippen molar-refractivity contribution >= 4 is 35.2 Å². The number of hydrogen-bond donors (Lipinski definition) is 1. The molecule has 0 fully saturated rings. The number of aromatic nitrogens is 2. The molecule has 0 atom stereocenters. The molecule has 1 heterocycles. The lowest BCUT2D eigenvalue weighted by Crippen LogP contribution is -2.19. The monoisotopic (exact) mass is 467 g/mol. The number of carbonyl (C=O) groups excluding carboxylic acids is 1. The topological polar surface area (TPSA) is 109 Å². The summed E-state index contributed by atoms with van der Waals surface area (Å²) in [5.41, 5.74) is 4.61. The molecule has 8 nitrogen and oxygen atoms in total. The van der Waals surface area contributed by atoms with Gasteiger partial charge in [0.2, 0.25) is 0 Å². The molecule has 0 saturated heterocycles. The summed E-state index contributed by atoms with van der Waals surface area (Å²) in [6.45, 7) is 4.46. The zero-order valence-electron chi connectivity index (χ0n) is 17.6. The van der Waals surface area contributed by atoms with Crippen molar-refractivity contribution in [3.05, 3.63) is 64.2 Å². The number of nitrogens with one attached hydrogen (secondary N) is 1. The van der Waals surface area contributed by atoms with Gasteiger partial charge in [-0.3, -0.25) is 4.79 Å². The Kier molecular flexibility index (Phi) is 8.60. The van der Waals surface area contributed by atoms with Crippen molar-refractivity contribution in [3.63, 3.8) is 0 Å². The lowest BCUT2D eigenvalue weighted by molar-refractivity contribution is -0.118. The summed E-state index contributed by atoms with van der Waals surface area (Å²) in [6, 6.07) is 14.8. The molecule has 2 aromatic carbocycles. The maximum atomic E-state index is 12.0. The first-order valence-electron chi connectivity index (χ1n) is 9.71. The van der Waals surface area contributed by atoms with Crippen LogP contribution in [-0.2, 0) is 11.4 Å². The smallest absolute Gasteiger partial charge is 0.250 e. The largest absolute Gasteiger partial charge is 0.490 e. The van der Waals surface area contributed by atoms with Crippen LogP contribution >= 0.6 is 23.1 Å². The summed E-state index contributed by atoms with van der Waals surface area (Å²) in [5.74, 6) is 1.08. The van der Waals surface area contributed by atoms with Gasteiger partial charge >= 0.3 is 0 Å². The number of nitriles is 1. The van der Waals surface area contributed by atoms with Gasteiger partial charge in [-0.2, -0.15) is 10.4 Å². The Morgan fingerprint density at radius 3 is 2.84 bits per heavy atom. The van der Waals surface area contributed by atoms with E-state index in [1.54, 1.807) is 18.2 Å². The van der Waals surface area contributed by atoms with Gasteiger partial charge < -0.3 is 9.47 Å². The minimum Gasteiger partial charge on any atom is -0.490 e. The summed E-state index contributed by atoms with van der Waals surface area (Å²) < 4.78 is 12.3. The van der Waals surface area contributed by atoms with Gasteiger partial charge in [0.15, 0.2) is 15.8 Å². The van der Waals surface area contributed by atoms with Crippen LogP contribution in [0.5, 0.6) is 11.5 Å². The maximum absolute atomic E-state index is 12.0. The number of thioether (sulfide) groups is 1. The number of nitrogens with zero attached hydrogens (tertiary/aromatic N) is 4. The molecule has 1 amide bonds. The number of benzene rings is 2. The van der Waals surface area contributed by atoms with E-state index in [1.165, 1.54) is 29.3 Å². The molecule has 0 unspecified atom stereocenters. The summed E-state index contributed by atoms with van der Waals surface area (Å²) in [4.78, 5) is 12.0. The van der Waals surface area contributed by atoms with E-state index in [1.807, 2.05) is 38.1 Å². The van der Waals surface area contributed by atoms with Gasteiger partial charge in [-0.25, -0.2) is 5.43 Å². The molecule has 0 radical (unpaired) electrons. The van der Waals surface area contributed by atoms with Crippen molar-refractivity contribution in [2.75, 3.05) is 12.4 Å². The molecular weight excluding hydrogens is 446 g/mol. The number of aryl methyl sites for hydroxylation is 1. The Balaban J connectivity index is 1.58. The van der Waals surface area contributed by atoms with E-state index in [0.717, 1.165) is 20.5 Å². The van der Waals surface area contributed by atoms with Crippen molar-refractivity contribution in [1.29, 1.82) is 5.26 Å². The van der Waals surface area contributed by atoms with Crippen molar-refractivity contribution in [1.82, 2.24) is 15.6 Å². The van der Waals surface area contributed by atoms with Gasteiger partial charge in [0.05, 0.1) is 30.2 Å². The Bertz CT molecular complexity index is 1140. The first-order valence-corrected chi connectivity index (χ1v) is 11.5. The second-order valence-electron chi connectivity index (χ2n) is 6.37. The van der Waals surface area contributed by atoms with E-state index < -0.39 is 0 Å². The third-order valence-corrected chi connectivity index (χ3v) is 6.00. The molecule has 1 aromatic heterocycles. The summed E-state index contributed by atoms with van der Waals surface area (Å²) in [7, 11) is 0. The van der Waals surface area contributed by atoms with Gasteiger partial charge in [-0.1, -0.05) is 41.3 Å². The van der Waals surface area contributed by atoms with Gasteiger partial charge in [-0.15, -0.1) is 10.2 Å². The zero-order chi connectivity index (χ0) is 22.8. The SMILES string of the molecule is CCOc1cc(C=NNC(=O)CSc2nnc(C)s2)ccc1OCc1ccccc1C#N. The number of carbonyl (C=O) groups is 1. The Morgan fingerprint density at radius 2 is 2.09 bits per heavy atom. The molecule has 0 aliphatic carbocycles. The van der Waals surface area contributed by atoms with Crippen molar-refractivity contribution in [3.8, 4) is 17.6 Å². The highest BCUT2D eigenvalue weighted by Gasteiger charge is 2.09. The fourth-order valence-electron chi connectivity index (χ4n) is 2.58. The molecule has 1 N–H and O–H groups in total. The fraction of sp³-hybridized carbons (Fsp3) is 0.227. The standard InChI is InChI=1S/C22H21N5O3S2/c1-3-29-20-10-16(12-24-26-21(28)14-31-22-27-25-15(2)32-22)8-9-19(20)30-13-18-7-5-4-6-17(18)11-23/h4-10,12H,3,13-14H2,1-2H3,(H,26,28). The first-order chi connectivity index (χ1) is 15.6. The number of hydrogen-bond acceptors (Lipinski definition) is 9. The van der Waals surface area contributed by atoms with Crippen LogP contribution in [0.25, 0.3) is 0 Å². The molecule has 0 spiro atoms. The van der Waals surface area contributed by atoms with Crippen LogP contribution in [0.15, 0.2) is 51.9 Å². The molecule has 0 aliphatic rings. The van der Waals surface area contributed by atoms with E-state index in [9.17, 15) is 10.1 Å². The minimum atomic E-state index is -0.236. The molecule has 3 aromatic rings. The summed E-state index contributed by atoms with van der Waals surface area (Å²) in [6.07, 6.45) is 1.54. The van der Waals surface area contributed by atoms with Crippen molar-refractivity contribution in [2.24, 2.45) is 5.10 Å². The predicted molar refractivity (Wildman–Crippen MR) is 124 cm³/mol. The second kappa shape index (κ2) is 11.8. The normalized spacial score (nSPS) is 10.7. The molecule has 32 heavy (non-hydrogen) atoms. The lowest BCUT2D eigenvalue weighted by atomic mass is 10.1. The average molecular weight is 468 g/mol. The van der Waals surface area contributed by atoms with E-state index >= 15 is 0 Å². The average Bonchev–Trinajstić information content (AvgIpc) is 3.22. The molecule has 0 aliphatic heterocycles. The van der Waals surface area contributed by atoms with Crippen LogP contribution in [0, 0.1) is 18.3 Å². The van der Waals surface area contributed by atoms with Crippen LogP contribution in [0.1, 0.15) is 28.6 Å². The van der Waals surface area contributed by atoms with Crippen LogP contribution in [-0.4, -0.2) is 34.7 Å². The van der Waals surface area contributed by atoms with E-state index in [-0.39, 0.29) is 18.3 Å². The van der Waals surface area contributed by atoms with E-state index in [4.69, 9.17) is 9.47 Å². The van der Waals surface area contributed by atoms with Crippen LogP contribution in [0.3, 0.4) is 0 Å². The Labute approximate surface area is 194 Å². The Hall–Kier alpha value is -3.42. The number of amides is 1. The highest BCUT2D eigenvalue weighted by atomic mass is 32.2. The quantitative estimate of drug-likeness (QED) is 0.273. The molecule has 164 valence electrons. The number of ether oxygens (including phenoxy) is 2. The lowest BCUT2D eigenvalue weighted by Gasteiger charge is -2.13. The first kappa shape index (κ1) is 23.2. The van der Waals surface area contributed by atoms with Crippen LogP contribution in [0.4, 0.5) is 0 Å². The van der Waals surface area contributed by atoms with Crippen molar-refractivity contribution < 1.29 is 14.3 Å². The molecule has 3 rings (SSSR count). The highest BCUT2D eigenvalue weighted by molar-refractivity contribution is 8.01. The predicted octanol–water partition coefficient (Wildman–Crippen LogP) is 3.94. The van der Waals surface area contributed by atoms with Gasteiger partial charge in [0.25, 0.3) is 5.91 Å². The molecule has 0 saturated carbocycles. The second-order valence-corrected chi connectivity index (χ2v) is 8.77. The summed E-state index contributed by atoms with van der Waals surface area (Å²) >= 11 is 2.76. The highest BCUT2D eigenvalue weighted by Crippen LogP contribution is 2.29. The van der Waals surface area contributed by atoms with Crippen LogP contribution < -0.4 is 14.9 Å². The van der Waals surface area contributed by atoms with E-state index in [0.29, 0.717) is 23.7 Å². The van der Waals surface area contributed by atoms with Gasteiger partial charge in [0, 0.05) is 5.56 Å². The van der Waals surface area contributed by atoms with Gasteiger partial charge in [-0.05, 0) is 43.7 Å². The molecule has 0 bridgehead atoms. The fourth-order valence-corrected chi connectivity index (χ4v) is 4.19. The summed E-state index contributed by atoms with van der Waals surface area (Å²) in [5, 5.41) is 22.0. The Morgan fingerprint density at radius 1 is 1.25 bits per heavy atom. The minimum absolute atomic E-state index is 0.202. The number of hydrazone groups is 1. The van der Waals surface area contributed by atoms with E-state index in [2.05, 4.69) is 26.8 Å². The molecule has 10 heteroatoms.